The maximum atomic E-state index is 12.7. The number of allylic oxidation sites excluding steroid dienone is 6. The van der Waals surface area contributed by atoms with Gasteiger partial charge in [0, 0.05) is 32.2 Å². The molecule has 350 valence electrons. The predicted octanol–water partition coefficient (Wildman–Crippen LogP) is 9.29. The zero-order chi connectivity index (χ0) is 45.1. The highest BCUT2D eigenvalue weighted by molar-refractivity contribution is 7.47. The van der Waals surface area contributed by atoms with Crippen LogP contribution >= 0.6 is 7.82 Å². The lowest BCUT2D eigenvalue weighted by Gasteiger charge is -2.20. The van der Waals surface area contributed by atoms with Gasteiger partial charge in [-0.15, -0.1) is 0 Å². The number of hydrogen-bond donors (Lipinski definition) is 5. The van der Waals surface area contributed by atoms with Crippen molar-refractivity contribution in [1.29, 1.82) is 0 Å². The normalized spacial score (nSPS) is 15.2. The van der Waals surface area contributed by atoms with Gasteiger partial charge in [-0.05, 0) is 63.5 Å². The van der Waals surface area contributed by atoms with Crippen LogP contribution in [0.15, 0.2) is 53.0 Å². The number of aliphatic hydroxyl groups excluding tert-OH is 3. The van der Waals surface area contributed by atoms with Crippen molar-refractivity contribution in [3.8, 4) is 0 Å². The molecule has 0 fully saturated rings. The average molecular weight is 882 g/mol. The third-order valence-corrected chi connectivity index (χ3v) is 11.3. The van der Waals surface area contributed by atoms with Crippen LogP contribution in [0.1, 0.15) is 158 Å². The molecule has 1 heterocycles. The molecule has 61 heavy (non-hydrogen) atoms. The first-order chi connectivity index (χ1) is 29.3. The van der Waals surface area contributed by atoms with Crippen LogP contribution in [0, 0.1) is 13.8 Å². The highest BCUT2D eigenvalue weighted by atomic mass is 31.2. The van der Waals surface area contributed by atoms with Gasteiger partial charge in [-0.2, -0.15) is 0 Å². The van der Waals surface area contributed by atoms with Gasteiger partial charge in [0.1, 0.15) is 18.1 Å². The van der Waals surface area contributed by atoms with Gasteiger partial charge in [0.05, 0.1) is 31.5 Å². The Morgan fingerprint density at radius 3 is 1.84 bits per heavy atom. The van der Waals surface area contributed by atoms with E-state index in [1.54, 1.807) is 42.5 Å². The van der Waals surface area contributed by atoms with E-state index in [1.165, 1.54) is 36.5 Å². The smallest absolute Gasteiger partial charge is 0.466 e. The molecule has 0 saturated carbocycles. The van der Waals surface area contributed by atoms with Crippen LogP contribution in [0.2, 0.25) is 0 Å². The molecule has 1 unspecified atom stereocenters. The third kappa shape index (κ3) is 29.2. The number of furan rings is 1. The molecule has 13 nitrogen and oxygen atoms in total. The van der Waals surface area contributed by atoms with Gasteiger partial charge < -0.3 is 39.8 Å². The Labute approximate surface area is 366 Å². The number of unbranched alkanes of at least 4 members (excludes halogenated alkanes) is 11. The third-order valence-electron chi connectivity index (χ3n) is 10.3. The van der Waals surface area contributed by atoms with Gasteiger partial charge in [-0.3, -0.25) is 18.6 Å². The molecular weight excluding hydrogens is 801 g/mol. The minimum atomic E-state index is -4.49. The maximum Gasteiger partial charge on any atom is 0.472 e. The number of hydrogen-bond acceptors (Lipinski definition) is 12. The van der Waals surface area contributed by atoms with Gasteiger partial charge in [-0.25, -0.2) is 4.57 Å². The van der Waals surface area contributed by atoms with E-state index in [2.05, 4.69) is 27.7 Å². The first-order valence-corrected chi connectivity index (χ1v) is 24.3. The molecule has 0 aromatic carbocycles. The summed E-state index contributed by atoms with van der Waals surface area (Å²) in [5.41, 5.74) is 7.95. The van der Waals surface area contributed by atoms with Gasteiger partial charge in [-0.1, -0.05) is 133 Å². The second-order valence-corrected chi connectivity index (χ2v) is 17.2. The van der Waals surface area contributed by atoms with Crippen LogP contribution in [-0.2, 0) is 45.5 Å². The van der Waals surface area contributed by atoms with Crippen LogP contribution in [0.4, 0.5) is 0 Å². The molecule has 0 amide bonds. The van der Waals surface area contributed by atoms with Crippen LogP contribution in [0.3, 0.4) is 0 Å². The molecule has 0 saturated heterocycles. The zero-order valence-corrected chi connectivity index (χ0v) is 38.6. The lowest BCUT2D eigenvalue weighted by atomic mass is 10.0. The van der Waals surface area contributed by atoms with Crippen molar-refractivity contribution >= 4 is 19.8 Å². The Bertz CT molecular complexity index is 1470. The van der Waals surface area contributed by atoms with Crippen molar-refractivity contribution in [2.75, 3.05) is 26.4 Å². The maximum absolute atomic E-state index is 12.7. The summed E-state index contributed by atoms with van der Waals surface area (Å²) in [6.07, 6.45) is 27.7. The van der Waals surface area contributed by atoms with Crippen LogP contribution in [0.25, 0.3) is 0 Å². The van der Waals surface area contributed by atoms with Crippen molar-refractivity contribution in [2.24, 2.45) is 5.73 Å². The van der Waals surface area contributed by atoms with Gasteiger partial charge >= 0.3 is 19.8 Å². The van der Waals surface area contributed by atoms with E-state index in [0.717, 1.165) is 95.0 Å². The second-order valence-electron chi connectivity index (χ2n) is 15.7. The van der Waals surface area contributed by atoms with E-state index < -0.39 is 50.8 Å². The Morgan fingerprint density at radius 1 is 0.672 bits per heavy atom. The largest absolute Gasteiger partial charge is 0.472 e. The summed E-state index contributed by atoms with van der Waals surface area (Å²) in [6, 6.07) is 0. The highest BCUT2D eigenvalue weighted by Crippen LogP contribution is 2.43. The molecule has 14 heteroatoms. The van der Waals surface area contributed by atoms with E-state index in [9.17, 15) is 34.4 Å². The van der Waals surface area contributed by atoms with Crippen molar-refractivity contribution in [2.45, 2.75) is 187 Å². The molecule has 5 atom stereocenters. The molecule has 0 radical (unpaired) electrons. The number of rotatable bonds is 38. The van der Waals surface area contributed by atoms with E-state index in [4.69, 9.17) is 28.7 Å². The highest BCUT2D eigenvalue weighted by Gasteiger charge is 2.26. The van der Waals surface area contributed by atoms with Crippen molar-refractivity contribution < 1.29 is 57.3 Å². The second kappa shape index (κ2) is 35.6. The van der Waals surface area contributed by atoms with Gasteiger partial charge in [0.25, 0.3) is 0 Å². The molecular formula is C47H80NO12P. The number of aryl methyl sites for hydroxylation is 2. The molecule has 1 rings (SSSR count). The quantitative estimate of drug-likeness (QED) is 0.0182. The van der Waals surface area contributed by atoms with Crippen LogP contribution < -0.4 is 5.73 Å². The molecule has 6 N–H and O–H groups in total. The van der Waals surface area contributed by atoms with E-state index in [0.29, 0.717) is 6.42 Å². The van der Waals surface area contributed by atoms with Gasteiger partial charge in [0.15, 0.2) is 6.10 Å². The molecule has 1 aromatic rings. The van der Waals surface area contributed by atoms with Crippen molar-refractivity contribution in [3.05, 3.63) is 71.3 Å². The predicted molar refractivity (Wildman–Crippen MR) is 241 cm³/mol. The minimum Gasteiger partial charge on any atom is -0.466 e. The Hall–Kier alpha value is -2.87. The number of carbonyl (C=O) groups is 2. The van der Waals surface area contributed by atoms with Crippen molar-refractivity contribution in [1.82, 2.24) is 0 Å². The number of phosphoric ester groups is 1. The number of carbonyl (C=O) groups excluding carboxylic acids is 2. The average Bonchev–Trinajstić information content (AvgIpc) is 3.50. The summed E-state index contributed by atoms with van der Waals surface area (Å²) < 4.78 is 38.8. The Morgan fingerprint density at radius 2 is 1.21 bits per heavy atom. The fourth-order valence-corrected chi connectivity index (χ4v) is 7.20. The topological polar surface area (TPSA) is 208 Å². The summed E-state index contributed by atoms with van der Waals surface area (Å²) in [5, 5.41) is 30.5. The summed E-state index contributed by atoms with van der Waals surface area (Å²) in [6.45, 7) is 7.49. The lowest BCUT2D eigenvalue weighted by Crippen LogP contribution is -2.30. The standard InChI is InChI=1S/C47H80NO12P/c1-5-7-19-26-40(49)27-21-15-13-14-16-22-28-42(50)43(51)29-25-33-47(53)59-41(37-58-61(54,55)57-35-34-48)36-56-46(52)32-24-18-12-10-9-11-17-23-31-45-39(4)38(3)44(60-45)30-20-8-6-2/h13-16,21-22,27-28,40-43,49-51H,5-12,17-20,23-26,29-37,48H2,1-4H3,(H,54,55)/b15-13-,16-14+,27-21+,28-22+/t40-,41+,42-,43-/m0/s1. The monoisotopic (exact) mass is 882 g/mol. The van der Waals surface area contributed by atoms with Gasteiger partial charge in [0.2, 0.25) is 0 Å². The number of aliphatic hydroxyl groups is 3. The fourth-order valence-electron chi connectivity index (χ4n) is 6.43. The lowest BCUT2D eigenvalue weighted by molar-refractivity contribution is -0.161. The van der Waals surface area contributed by atoms with Crippen LogP contribution in [0.5, 0.6) is 0 Å². The summed E-state index contributed by atoms with van der Waals surface area (Å²) in [7, 11) is -4.49. The first kappa shape index (κ1) is 56.1. The molecule has 0 aliphatic rings. The molecule has 1 aromatic heterocycles. The minimum absolute atomic E-state index is 0.00998. The summed E-state index contributed by atoms with van der Waals surface area (Å²) in [5.74, 6) is 1.11. The van der Waals surface area contributed by atoms with Crippen LogP contribution in [-0.4, -0.2) is 82.9 Å². The Balaban J connectivity index is 2.39. The molecule has 0 bridgehead atoms. The number of phosphoric acid groups is 1. The SMILES string of the molecule is CCCCCc1oc(CCCCCCCCCCC(=O)OC[C@H](COP(=O)(O)OCCN)OC(=O)CCC[C@H](O)[C@@H](O)/C=C/C=C/C=C\C=C\[C@@H](O)CCCCC)c(C)c1C. The molecule has 0 aliphatic heterocycles. The summed E-state index contributed by atoms with van der Waals surface area (Å²) >= 11 is 0. The van der Waals surface area contributed by atoms with E-state index in [1.807, 2.05) is 0 Å². The molecule has 0 aliphatic carbocycles. The zero-order valence-electron chi connectivity index (χ0n) is 37.7. The van der Waals surface area contributed by atoms with E-state index >= 15 is 0 Å². The number of esters is 2. The molecule has 0 spiro atoms. The first-order valence-electron chi connectivity index (χ1n) is 22.8. The van der Waals surface area contributed by atoms with Crippen molar-refractivity contribution in [3.63, 3.8) is 0 Å². The number of nitrogens with two attached hydrogens (primary N) is 1. The number of ether oxygens (including phenoxy) is 2. The Kier molecular flexibility index (Phi) is 32.7. The summed E-state index contributed by atoms with van der Waals surface area (Å²) in [4.78, 5) is 35.1. The fraction of sp³-hybridized carbons (Fsp3) is 0.702. The van der Waals surface area contributed by atoms with E-state index in [-0.39, 0.29) is 45.4 Å².